The summed E-state index contributed by atoms with van der Waals surface area (Å²) in [6.45, 7) is 1.89. The molecule has 0 aromatic heterocycles. The zero-order valence-electron chi connectivity index (χ0n) is 14.6. The number of hydrogen-bond donors (Lipinski definition) is 1. The molecule has 0 aliphatic heterocycles. The first-order valence-corrected chi connectivity index (χ1v) is 9.24. The molecule has 25 heavy (non-hydrogen) atoms. The largest absolute Gasteiger partial charge is 0.484 e. The van der Waals surface area contributed by atoms with E-state index < -0.39 is 0 Å². The second kappa shape index (κ2) is 6.43. The Kier molecular flexibility index (Phi) is 4.26. The molecule has 4 bridgehead atoms. The average molecular weight is 344 g/mol. The Balaban J connectivity index is 1.34. The fourth-order valence-electron chi connectivity index (χ4n) is 5.56. The minimum Gasteiger partial charge on any atom is -0.484 e. The van der Waals surface area contributed by atoms with E-state index in [1.807, 2.05) is 0 Å². The first-order valence-electron chi connectivity index (χ1n) is 9.24. The van der Waals surface area contributed by atoms with Gasteiger partial charge in [0.1, 0.15) is 11.6 Å². The molecule has 4 aliphatic rings. The molecule has 4 nitrogen and oxygen atoms in total. The zero-order chi connectivity index (χ0) is 17.4. The smallest absolute Gasteiger partial charge is 0.277 e. The molecule has 0 unspecified atom stereocenters. The van der Waals surface area contributed by atoms with Crippen molar-refractivity contribution >= 4 is 11.6 Å². The van der Waals surface area contributed by atoms with Crippen LogP contribution < -0.4 is 10.2 Å². The molecule has 1 aromatic rings. The van der Waals surface area contributed by atoms with Gasteiger partial charge in [-0.1, -0.05) is 6.07 Å². The first kappa shape index (κ1) is 16.6. The van der Waals surface area contributed by atoms with Gasteiger partial charge in [0.15, 0.2) is 6.61 Å². The Morgan fingerprint density at radius 3 is 2.48 bits per heavy atom. The number of benzene rings is 1. The van der Waals surface area contributed by atoms with Crippen molar-refractivity contribution in [3.8, 4) is 5.75 Å². The molecule has 1 aromatic carbocycles. The molecule has 0 heterocycles. The van der Waals surface area contributed by atoms with Crippen LogP contribution in [0.25, 0.3) is 0 Å². The number of rotatable bonds is 5. The van der Waals surface area contributed by atoms with Gasteiger partial charge >= 0.3 is 0 Å². The number of carbonyl (C=O) groups excluding carboxylic acids is 1. The summed E-state index contributed by atoms with van der Waals surface area (Å²) < 4.78 is 18.4. The summed E-state index contributed by atoms with van der Waals surface area (Å²) in [5.74, 6) is 2.20. The lowest BCUT2D eigenvalue weighted by molar-refractivity contribution is -0.123. The maximum absolute atomic E-state index is 13.1. The normalized spacial score (nSPS) is 33.4. The van der Waals surface area contributed by atoms with Crippen LogP contribution in [0.3, 0.4) is 0 Å². The summed E-state index contributed by atoms with van der Waals surface area (Å²) in [7, 11) is 0. The highest BCUT2D eigenvalue weighted by Gasteiger charge is 2.52. The topological polar surface area (TPSA) is 50.7 Å². The van der Waals surface area contributed by atoms with Crippen LogP contribution in [0, 0.1) is 29.0 Å². The number of halogens is 1. The summed E-state index contributed by atoms with van der Waals surface area (Å²) in [6.07, 6.45) is 7.85. The molecule has 0 radical (unpaired) electrons. The minimum atomic E-state index is -0.381. The van der Waals surface area contributed by atoms with E-state index in [2.05, 4.69) is 17.5 Å². The van der Waals surface area contributed by atoms with E-state index in [1.54, 1.807) is 12.1 Å². The third-order valence-electron chi connectivity index (χ3n) is 6.32. The molecule has 4 saturated carbocycles. The van der Waals surface area contributed by atoms with Crippen LogP contribution in [0.15, 0.2) is 29.4 Å². The van der Waals surface area contributed by atoms with Crippen LogP contribution in [0.5, 0.6) is 5.75 Å². The number of nitrogens with zero attached hydrogens (tertiary/aromatic N) is 1. The maximum atomic E-state index is 13.1. The van der Waals surface area contributed by atoms with E-state index >= 15 is 0 Å². The minimum absolute atomic E-state index is 0.166. The van der Waals surface area contributed by atoms with Crippen molar-refractivity contribution in [2.24, 2.45) is 28.3 Å². The zero-order valence-corrected chi connectivity index (χ0v) is 14.6. The van der Waals surface area contributed by atoms with E-state index in [4.69, 9.17) is 4.74 Å². The number of carbonyl (C=O) groups is 1. The lowest BCUT2D eigenvalue weighted by Gasteiger charge is -2.56. The molecular formula is C20H25FN2O2. The molecule has 0 atom stereocenters. The van der Waals surface area contributed by atoms with Crippen molar-refractivity contribution in [1.82, 2.24) is 5.43 Å². The van der Waals surface area contributed by atoms with Gasteiger partial charge in [0, 0.05) is 17.2 Å². The standard InChI is InChI=1S/C20H25FN2O2/c1-13(20-9-14-5-15(10-20)7-16(6-14)11-20)22-23-19(24)12-25-18-4-2-3-17(21)8-18/h2-4,8,14-16H,5-7,9-12H2,1H3,(H,23,24)/b22-13-. The van der Waals surface area contributed by atoms with Crippen molar-refractivity contribution in [2.45, 2.75) is 45.4 Å². The number of hydrogen-bond acceptors (Lipinski definition) is 3. The Morgan fingerprint density at radius 1 is 1.24 bits per heavy atom. The summed E-state index contributed by atoms with van der Waals surface area (Å²) in [5, 5.41) is 4.41. The molecule has 0 spiro atoms. The molecule has 4 aliphatic carbocycles. The molecule has 4 fully saturated rings. The van der Waals surface area contributed by atoms with Crippen LogP contribution in [-0.4, -0.2) is 18.2 Å². The highest BCUT2D eigenvalue weighted by molar-refractivity contribution is 5.90. The van der Waals surface area contributed by atoms with Gasteiger partial charge in [0.25, 0.3) is 5.91 Å². The molecular weight excluding hydrogens is 319 g/mol. The number of nitrogens with one attached hydrogen (secondary N) is 1. The van der Waals surface area contributed by atoms with Crippen LogP contribution in [-0.2, 0) is 4.79 Å². The maximum Gasteiger partial charge on any atom is 0.277 e. The van der Waals surface area contributed by atoms with E-state index in [9.17, 15) is 9.18 Å². The van der Waals surface area contributed by atoms with Gasteiger partial charge in [-0.15, -0.1) is 0 Å². The Bertz CT molecular complexity index is 665. The fourth-order valence-corrected chi connectivity index (χ4v) is 5.56. The van der Waals surface area contributed by atoms with Gasteiger partial charge in [-0.3, -0.25) is 4.79 Å². The number of amides is 1. The SMILES string of the molecule is C/C(=N/NC(=O)COc1cccc(F)c1)C12CC3CC(CC(C3)C1)C2. The van der Waals surface area contributed by atoms with Crippen molar-refractivity contribution in [1.29, 1.82) is 0 Å². The molecule has 1 amide bonds. The average Bonchev–Trinajstić information content (AvgIpc) is 2.56. The van der Waals surface area contributed by atoms with Crippen molar-refractivity contribution in [3.05, 3.63) is 30.1 Å². The third-order valence-corrected chi connectivity index (χ3v) is 6.32. The summed E-state index contributed by atoms with van der Waals surface area (Å²) >= 11 is 0. The van der Waals surface area contributed by atoms with Gasteiger partial charge in [0.05, 0.1) is 0 Å². The van der Waals surface area contributed by atoms with Gasteiger partial charge in [-0.2, -0.15) is 5.10 Å². The summed E-state index contributed by atoms with van der Waals surface area (Å²) in [6, 6.07) is 5.78. The van der Waals surface area contributed by atoms with Gasteiger partial charge in [-0.05, 0) is 75.3 Å². The van der Waals surface area contributed by atoms with Crippen LogP contribution >= 0.6 is 0 Å². The van der Waals surface area contributed by atoms with Crippen LogP contribution in [0.2, 0.25) is 0 Å². The van der Waals surface area contributed by atoms with E-state index in [-0.39, 0.29) is 23.7 Å². The highest BCUT2D eigenvalue weighted by atomic mass is 19.1. The van der Waals surface area contributed by atoms with Crippen LogP contribution in [0.4, 0.5) is 4.39 Å². The monoisotopic (exact) mass is 344 g/mol. The van der Waals surface area contributed by atoms with Gasteiger partial charge < -0.3 is 4.74 Å². The molecule has 5 rings (SSSR count). The number of hydrazone groups is 1. The van der Waals surface area contributed by atoms with E-state index in [1.165, 1.54) is 50.7 Å². The highest BCUT2D eigenvalue weighted by Crippen LogP contribution is 2.60. The van der Waals surface area contributed by atoms with Crippen molar-refractivity contribution < 1.29 is 13.9 Å². The molecule has 0 saturated heterocycles. The quantitative estimate of drug-likeness (QED) is 0.650. The van der Waals surface area contributed by atoms with Gasteiger partial charge in [0.2, 0.25) is 0 Å². The number of ether oxygens (including phenoxy) is 1. The second-order valence-corrected chi connectivity index (χ2v) is 8.18. The van der Waals surface area contributed by atoms with Crippen molar-refractivity contribution in [2.75, 3.05) is 6.61 Å². The van der Waals surface area contributed by atoms with E-state index in [0.717, 1.165) is 23.5 Å². The predicted octanol–water partition coefficient (Wildman–Crippen LogP) is 3.91. The van der Waals surface area contributed by atoms with Gasteiger partial charge in [-0.25, -0.2) is 9.82 Å². The van der Waals surface area contributed by atoms with Crippen molar-refractivity contribution in [3.63, 3.8) is 0 Å². The third kappa shape index (κ3) is 3.42. The molecule has 1 N–H and O–H groups in total. The lowest BCUT2D eigenvalue weighted by atomic mass is 9.48. The summed E-state index contributed by atoms with van der Waals surface area (Å²) in [5.41, 5.74) is 3.88. The first-order chi connectivity index (χ1) is 12.0. The summed E-state index contributed by atoms with van der Waals surface area (Å²) in [4.78, 5) is 12.0. The van der Waals surface area contributed by atoms with Crippen LogP contribution in [0.1, 0.15) is 45.4 Å². The fraction of sp³-hybridized carbons (Fsp3) is 0.600. The Labute approximate surface area is 147 Å². The second-order valence-electron chi connectivity index (χ2n) is 8.18. The lowest BCUT2D eigenvalue weighted by Crippen LogP contribution is -2.49. The Hall–Kier alpha value is -1.91. The molecule has 5 heteroatoms. The molecule has 134 valence electrons. The predicted molar refractivity (Wildman–Crippen MR) is 93.8 cm³/mol. The van der Waals surface area contributed by atoms with E-state index in [0.29, 0.717) is 5.75 Å². The Morgan fingerprint density at radius 2 is 1.88 bits per heavy atom.